The van der Waals surface area contributed by atoms with Gasteiger partial charge in [0.1, 0.15) is 11.5 Å². The molecule has 0 aliphatic heterocycles. The van der Waals surface area contributed by atoms with Crippen LogP contribution in [0, 0.1) is 15.9 Å². The molecule has 0 atom stereocenters. The number of aliphatic imine (C=N–C) groups is 1. The summed E-state index contributed by atoms with van der Waals surface area (Å²) in [4.78, 5) is 14.7. The van der Waals surface area contributed by atoms with Crippen LogP contribution in [0.25, 0.3) is 0 Å². The number of thiophene rings is 1. The van der Waals surface area contributed by atoms with E-state index in [9.17, 15) is 14.5 Å². The van der Waals surface area contributed by atoms with Gasteiger partial charge in [0.05, 0.1) is 8.71 Å². The Morgan fingerprint density at radius 2 is 2.17 bits per heavy atom. The lowest BCUT2D eigenvalue weighted by molar-refractivity contribution is -0.384. The third kappa shape index (κ3) is 2.99. The fourth-order valence-corrected chi connectivity index (χ4v) is 2.54. The van der Waals surface area contributed by atoms with E-state index < -0.39 is 10.7 Å². The fraction of sp³-hybridized carbons (Fsp3) is 0. The molecule has 0 spiro atoms. The lowest BCUT2D eigenvalue weighted by atomic mass is 10.3. The Hall–Kier alpha value is -1.60. The summed E-state index contributed by atoms with van der Waals surface area (Å²) in [5.41, 5.74) is -0.232. The highest BCUT2D eigenvalue weighted by atomic mass is 79.9. The number of nitro benzene ring substituents is 1. The van der Waals surface area contributed by atoms with Crippen molar-refractivity contribution in [3.8, 4) is 0 Å². The van der Waals surface area contributed by atoms with Gasteiger partial charge in [-0.1, -0.05) is 0 Å². The van der Waals surface area contributed by atoms with Crippen molar-refractivity contribution in [2.75, 3.05) is 0 Å². The smallest absolute Gasteiger partial charge is 0.258 e. The number of benzene rings is 1. The molecule has 18 heavy (non-hydrogen) atoms. The van der Waals surface area contributed by atoms with E-state index in [1.165, 1.54) is 17.6 Å². The minimum atomic E-state index is -0.590. The Morgan fingerprint density at radius 3 is 2.78 bits per heavy atom. The van der Waals surface area contributed by atoms with Crippen LogP contribution in [0.4, 0.5) is 15.8 Å². The molecule has 0 saturated carbocycles. The number of hydrogen-bond donors (Lipinski definition) is 0. The second kappa shape index (κ2) is 5.36. The molecule has 2 aromatic rings. The summed E-state index contributed by atoms with van der Waals surface area (Å²) in [6, 6.07) is 6.91. The molecule has 1 heterocycles. The Kier molecular flexibility index (Phi) is 3.83. The second-order valence-electron chi connectivity index (χ2n) is 3.29. The van der Waals surface area contributed by atoms with Crippen molar-refractivity contribution in [1.82, 2.24) is 0 Å². The molecular formula is C11H6BrFN2O2S. The normalized spacial score (nSPS) is 11.0. The van der Waals surface area contributed by atoms with Crippen LogP contribution in [0.1, 0.15) is 4.88 Å². The molecule has 1 aromatic carbocycles. The van der Waals surface area contributed by atoms with Crippen LogP contribution in [-0.4, -0.2) is 11.1 Å². The number of nitrogens with zero attached hydrogens (tertiary/aromatic N) is 2. The Bertz CT molecular complexity index is 627. The molecule has 0 saturated heterocycles. The summed E-state index contributed by atoms with van der Waals surface area (Å²) >= 11 is 4.73. The van der Waals surface area contributed by atoms with Crippen molar-refractivity contribution in [3.63, 3.8) is 0 Å². The number of nitro groups is 1. The van der Waals surface area contributed by atoms with Crippen LogP contribution < -0.4 is 0 Å². The highest BCUT2D eigenvalue weighted by Gasteiger charge is 2.09. The number of hydrogen-bond acceptors (Lipinski definition) is 4. The minimum Gasteiger partial charge on any atom is -0.258 e. The monoisotopic (exact) mass is 328 g/mol. The van der Waals surface area contributed by atoms with Crippen molar-refractivity contribution in [1.29, 1.82) is 0 Å². The van der Waals surface area contributed by atoms with Crippen molar-refractivity contribution in [2.24, 2.45) is 4.99 Å². The van der Waals surface area contributed by atoms with Gasteiger partial charge < -0.3 is 0 Å². The predicted molar refractivity (Wildman–Crippen MR) is 72.3 cm³/mol. The zero-order chi connectivity index (χ0) is 13.1. The van der Waals surface area contributed by atoms with Gasteiger partial charge in [-0.15, -0.1) is 11.3 Å². The summed E-state index contributed by atoms with van der Waals surface area (Å²) in [7, 11) is 0. The third-order valence-electron chi connectivity index (χ3n) is 2.07. The maximum atomic E-state index is 13.4. The average Bonchev–Trinajstić information content (AvgIpc) is 2.74. The van der Waals surface area contributed by atoms with Crippen molar-refractivity contribution < 1.29 is 9.31 Å². The van der Waals surface area contributed by atoms with Crippen LogP contribution in [-0.2, 0) is 0 Å². The molecule has 4 nitrogen and oxygen atoms in total. The van der Waals surface area contributed by atoms with E-state index in [1.807, 2.05) is 12.1 Å². The van der Waals surface area contributed by atoms with E-state index in [4.69, 9.17) is 0 Å². The lowest BCUT2D eigenvalue weighted by Crippen LogP contribution is -1.88. The van der Waals surface area contributed by atoms with Gasteiger partial charge in [-0.2, -0.15) is 0 Å². The van der Waals surface area contributed by atoms with Crippen LogP contribution in [0.2, 0.25) is 0 Å². The van der Waals surface area contributed by atoms with Crippen LogP contribution in [0.15, 0.2) is 39.1 Å². The van der Waals surface area contributed by atoms with Crippen LogP contribution in [0.3, 0.4) is 0 Å². The molecule has 92 valence electrons. The summed E-state index contributed by atoms with van der Waals surface area (Å²) in [6.07, 6.45) is 1.47. The molecule has 7 heteroatoms. The maximum absolute atomic E-state index is 13.4. The second-order valence-corrected chi connectivity index (χ2v) is 5.79. The van der Waals surface area contributed by atoms with Crippen LogP contribution >= 0.6 is 27.3 Å². The summed E-state index contributed by atoms with van der Waals surface area (Å²) in [5, 5.41) is 10.6. The predicted octanol–water partition coefficient (Wildman–Crippen LogP) is 4.31. The quantitative estimate of drug-likeness (QED) is 0.479. The molecule has 0 aliphatic rings. The van der Waals surface area contributed by atoms with Gasteiger partial charge in [0, 0.05) is 23.2 Å². The van der Waals surface area contributed by atoms with Gasteiger partial charge in [0.2, 0.25) is 0 Å². The van der Waals surface area contributed by atoms with Crippen molar-refractivity contribution >= 4 is 44.9 Å². The lowest BCUT2D eigenvalue weighted by Gasteiger charge is -1.96. The Labute approximate surface area is 114 Å². The highest BCUT2D eigenvalue weighted by Crippen LogP contribution is 2.25. The Balaban J connectivity index is 2.30. The SMILES string of the molecule is O=[N+]([O-])c1ccc(F)c(N=Cc2ccc(Br)s2)c1. The third-order valence-corrected chi connectivity index (χ3v) is 3.62. The van der Waals surface area contributed by atoms with Crippen molar-refractivity contribution in [2.45, 2.75) is 0 Å². The molecule has 2 rings (SSSR count). The Morgan fingerprint density at radius 1 is 1.39 bits per heavy atom. The van der Waals surface area contributed by atoms with Gasteiger partial charge in [0.25, 0.3) is 5.69 Å². The molecule has 0 aliphatic carbocycles. The summed E-state index contributed by atoms with van der Waals surface area (Å²) in [6.45, 7) is 0. The van der Waals surface area contributed by atoms with Crippen LogP contribution in [0.5, 0.6) is 0 Å². The molecule has 1 aromatic heterocycles. The van der Waals surface area contributed by atoms with E-state index in [0.29, 0.717) is 0 Å². The molecule has 0 unspecified atom stereocenters. The van der Waals surface area contributed by atoms with Gasteiger partial charge in [-0.3, -0.25) is 15.1 Å². The number of halogens is 2. The molecular weight excluding hydrogens is 323 g/mol. The number of rotatable bonds is 3. The topological polar surface area (TPSA) is 55.5 Å². The molecule has 0 fully saturated rings. The summed E-state index contributed by atoms with van der Waals surface area (Å²) < 4.78 is 14.3. The zero-order valence-electron chi connectivity index (χ0n) is 8.84. The molecule has 0 bridgehead atoms. The summed E-state index contributed by atoms with van der Waals surface area (Å²) in [5.74, 6) is -0.590. The maximum Gasteiger partial charge on any atom is 0.271 e. The zero-order valence-corrected chi connectivity index (χ0v) is 11.2. The average molecular weight is 329 g/mol. The van der Waals surface area contributed by atoms with E-state index >= 15 is 0 Å². The van der Waals surface area contributed by atoms with E-state index in [1.54, 1.807) is 0 Å². The molecule has 0 N–H and O–H groups in total. The van der Waals surface area contributed by atoms with Gasteiger partial charge in [0.15, 0.2) is 0 Å². The van der Waals surface area contributed by atoms with Crippen molar-refractivity contribution in [3.05, 3.63) is 54.9 Å². The minimum absolute atomic E-state index is 0.0475. The first kappa shape index (κ1) is 12.8. The standard InChI is InChI=1S/C11H6BrFN2O2S/c12-11-4-2-8(18-11)6-14-10-5-7(15(16)17)1-3-9(10)13/h1-6H. The fourth-order valence-electron chi connectivity index (χ4n) is 1.24. The van der Waals surface area contributed by atoms with Gasteiger partial charge in [-0.05, 0) is 34.1 Å². The van der Waals surface area contributed by atoms with E-state index in [2.05, 4.69) is 20.9 Å². The highest BCUT2D eigenvalue weighted by molar-refractivity contribution is 9.11. The molecule has 0 radical (unpaired) electrons. The molecule has 0 amide bonds. The first-order chi connectivity index (χ1) is 8.56. The van der Waals surface area contributed by atoms with Gasteiger partial charge >= 0.3 is 0 Å². The number of non-ortho nitro benzene ring substituents is 1. The van der Waals surface area contributed by atoms with E-state index in [-0.39, 0.29) is 11.4 Å². The largest absolute Gasteiger partial charge is 0.271 e. The first-order valence-electron chi connectivity index (χ1n) is 4.79. The van der Waals surface area contributed by atoms with E-state index in [0.717, 1.165) is 26.9 Å². The van der Waals surface area contributed by atoms with Gasteiger partial charge in [-0.25, -0.2) is 4.39 Å². The first-order valence-corrected chi connectivity index (χ1v) is 6.40.